The van der Waals surface area contributed by atoms with Gasteiger partial charge in [0.2, 0.25) is 5.91 Å². The molecule has 2 aromatic carbocycles. The van der Waals surface area contributed by atoms with Crippen LogP contribution >= 0.6 is 11.6 Å². The Morgan fingerprint density at radius 1 is 1.12 bits per heavy atom. The Hall–Kier alpha value is -3.05. The number of rotatable bonds is 5. The lowest BCUT2D eigenvalue weighted by Crippen LogP contribution is -2.47. The van der Waals surface area contributed by atoms with Gasteiger partial charge in [-0.1, -0.05) is 43.0 Å². The molecule has 1 unspecified atom stereocenters. The number of benzene rings is 2. The van der Waals surface area contributed by atoms with Gasteiger partial charge in [-0.3, -0.25) is 14.5 Å². The Morgan fingerprint density at radius 2 is 1.82 bits per heavy atom. The number of anilines is 1. The first-order valence-corrected chi connectivity index (χ1v) is 10.7. The molecule has 0 saturated heterocycles. The van der Waals surface area contributed by atoms with Crippen molar-refractivity contribution in [2.45, 2.75) is 50.4 Å². The molecule has 174 valence electrons. The van der Waals surface area contributed by atoms with Gasteiger partial charge in [0.1, 0.15) is 11.9 Å². The minimum atomic E-state index is -4.69. The number of amides is 2. The van der Waals surface area contributed by atoms with Crippen molar-refractivity contribution in [2.24, 2.45) is 0 Å². The van der Waals surface area contributed by atoms with E-state index in [1.54, 1.807) is 0 Å². The number of hydrogen-bond donors (Lipinski definition) is 1. The molecule has 1 saturated carbocycles. The molecule has 1 N–H and O–H groups in total. The van der Waals surface area contributed by atoms with Gasteiger partial charge in [-0.15, -0.1) is 6.42 Å². The van der Waals surface area contributed by atoms with Crippen LogP contribution in [-0.2, 0) is 15.8 Å². The van der Waals surface area contributed by atoms with Crippen LogP contribution < -0.4 is 10.2 Å². The molecular formula is C24H21ClF4N2O2. The van der Waals surface area contributed by atoms with Gasteiger partial charge in [0.25, 0.3) is 0 Å². The zero-order chi connectivity index (χ0) is 24.2. The van der Waals surface area contributed by atoms with E-state index >= 15 is 0 Å². The summed E-state index contributed by atoms with van der Waals surface area (Å²) in [6.45, 7) is 0. The van der Waals surface area contributed by atoms with Crippen LogP contribution in [-0.4, -0.2) is 17.9 Å². The maximum atomic E-state index is 13.7. The number of nitrogens with zero attached hydrogens (tertiary/aromatic N) is 1. The zero-order valence-electron chi connectivity index (χ0n) is 17.5. The molecule has 1 aliphatic carbocycles. The SMILES string of the molecule is C#CC(=O)N(c1cccc(C(F)(F)F)c1)C(C(=O)NC1CCCCC1)c1ccc(F)cc1Cl. The van der Waals surface area contributed by atoms with Gasteiger partial charge in [-0.05, 0) is 49.1 Å². The molecule has 4 nitrogen and oxygen atoms in total. The highest BCUT2D eigenvalue weighted by atomic mass is 35.5. The van der Waals surface area contributed by atoms with E-state index in [1.165, 1.54) is 12.1 Å². The lowest BCUT2D eigenvalue weighted by Gasteiger charge is -2.33. The molecule has 2 aromatic rings. The predicted octanol–water partition coefficient (Wildman–Crippen LogP) is 5.65. The van der Waals surface area contributed by atoms with Gasteiger partial charge in [-0.2, -0.15) is 13.2 Å². The third-order valence-corrected chi connectivity index (χ3v) is 5.84. The van der Waals surface area contributed by atoms with Crippen molar-refractivity contribution in [3.63, 3.8) is 0 Å². The summed E-state index contributed by atoms with van der Waals surface area (Å²) in [6.07, 6.45) is 4.92. The van der Waals surface area contributed by atoms with E-state index in [-0.39, 0.29) is 22.3 Å². The first-order valence-electron chi connectivity index (χ1n) is 10.3. The molecule has 9 heteroatoms. The van der Waals surface area contributed by atoms with Gasteiger partial charge in [0.15, 0.2) is 0 Å². The highest BCUT2D eigenvalue weighted by molar-refractivity contribution is 6.31. The highest BCUT2D eigenvalue weighted by Crippen LogP contribution is 2.36. The third kappa shape index (κ3) is 5.85. The standard InChI is InChI=1S/C24H21ClF4N2O2/c1-2-21(32)31(18-10-6-7-15(13-18)24(27,28)29)22(19-12-11-16(26)14-20(19)25)23(33)30-17-8-4-3-5-9-17/h1,6-7,10-14,17,22H,3-5,8-9H2,(H,30,33). The second-order valence-corrected chi connectivity index (χ2v) is 8.19. The fourth-order valence-electron chi connectivity index (χ4n) is 3.93. The molecular weight excluding hydrogens is 460 g/mol. The fourth-order valence-corrected chi connectivity index (χ4v) is 4.20. The lowest BCUT2D eigenvalue weighted by molar-refractivity contribution is -0.137. The number of alkyl halides is 3. The topological polar surface area (TPSA) is 49.4 Å². The van der Waals surface area contributed by atoms with Gasteiger partial charge in [0.05, 0.1) is 5.56 Å². The number of halogens is 5. The molecule has 33 heavy (non-hydrogen) atoms. The van der Waals surface area contributed by atoms with Gasteiger partial charge < -0.3 is 5.32 Å². The van der Waals surface area contributed by atoms with E-state index < -0.39 is 35.4 Å². The Balaban J connectivity index is 2.13. The number of carbonyl (C=O) groups is 2. The van der Waals surface area contributed by atoms with Crippen molar-refractivity contribution in [2.75, 3.05) is 4.90 Å². The minimum absolute atomic E-state index is 0.0346. The van der Waals surface area contributed by atoms with Crippen LogP contribution in [0.5, 0.6) is 0 Å². The van der Waals surface area contributed by atoms with Crippen LogP contribution in [0.3, 0.4) is 0 Å². The van der Waals surface area contributed by atoms with Crippen LogP contribution in [0, 0.1) is 18.2 Å². The van der Waals surface area contributed by atoms with E-state index in [4.69, 9.17) is 18.0 Å². The van der Waals surface area contributed by atoms with Crippen molar-refractivity contribution in [1.29, 1.82) is 0 Å². The summed E-state index contributed by atoms with van der Waals surface area (Å²) in [4.78, 5) is 27.0. The number of hydrogen-bond acceptors (Lipinski definition) is 2. The van der Waals surface area contributed by atoms with Crippen molar-refractivity contribution in [3.05, 3.63) is 64.4 Å². The Bertz CT molecular complexity index is 1070. The molecule has 1 fully saturated rings. The zero-order valence-corrected chi connectivity index (χ0v) is 18.2. The number of carbonyl (C=O) groups excluding carboxylic acids is 2. The predicted molar refractivity (Wildman–Crippen MR) is 117 cm³/mol. The summed E-state index contributed by atoms with van der Waals surface area (Å²) in [5.74, 6) is -0.520. The Labute approximate surface area is 193 Å². The summed E-state index contributed by atoms with van der Waals surface area (Å²) < 4.78 is 53.7. The molecule has 0 radical (unpaired) electrons. The fraction of sp³-hybridized carbons (Fsp3) is 0.333. The van der Waals surface area contributed by atoms with Crippen molar-refractivity contribution in [3.8, 4) is 12.3 Å². The molecule has 3 rings (SSSR count). The molecule has 0 aromatic heterocycles. The average Bonchev–Trinajstić information content (AvgIpc) is 2.77. The monoisotopic (exact) mass is 480 g/mol. The molecule has 2 amide bonds. The lowest BCUT2D eigenvalue weighted by atomic mass is 9.94. The maximum absolute atomic E-state index is 13.7. The smallest absolute Gasteiger partial charge is 0.351 e. The highest BCUT2D eigenvalue weighted by Gasteiger charge is 2.37. The summed E-state index contributed by atoms with van der Waals surface area (Å²) >= 11 is 6.20. The molecule has 0 heterocycles. The van der Waals surface area contributed by atoms with Gasteiger partial charge >= 0.3 is 12.1 Å². The number of terminal acetylenes is 1. The largest absolute Gasteiger partial charge is 0.416 e. The van der Waals surface area contributed by atoms with E-state index in [0.717, 1.165) is 67.3 Å². The first kappa shape index (κ1) is 24.6. The first-order chi connectivity index (χ1) is 15.6. The third-order valence-electron chi connectivity index (χ3n) is 5.51. The van der Waals surface area contributed by atoms with Crippen molar-refractivity contribution >= 4 is 29.1 Å². The van der Waals surface area contributed by atoms with Crippen LogP contribution in [0.15, 0.2) is 42.5 Å². The van der Waals surface area contributed by atoms with E-state index in [0.29, 0.717) is 0 Å². The number of nitrogens with one attached hydrogen (secondary N) is 1. The van der Waals surface area contributed by atoms with E-state index in [2.05, 4.69) is 5.32 Å². The van der Waals surface area contributed by atoms with Crippen LogP contribution in [0.4, 0.5) is 23.2 Å². The Kier molecular flexibility index (Phi) is 7.65. The van der Waals surface area contributed by atoms with Crippen molar-refractivity contribution in [1.82, 2.24) is 5.32 Å². The van der Waals surface area contributed by atoms with Crippen molar-refractivity contribution < 1.29 is 27.2 Å². The van der Waals surface area contributed by atoms with Crippen LogP contribution in [0.2, 0.25) is 5.02 Å². The minimum Gasteiger partial charge on any atom is -0.351 e. The molecule has 0 aliphatic heterocycles. The average molecular weight is 481 g/mol. The second kappa shape index (κ2) is 10.3. The summed E-state index contributed by atoms with van der Waals surface area (Å²) in [5.41, 5.74) is -1.23. The second-order valence-electron chi connectivity index (χ2n) is 7.78. The maximum Gasteiger partial charge on any atom is 0.416 e. The Morgan fingerprint density at radius 3 is 2.42 bits per heavy atom. The van der Waals surface area contributed by atoms with Crippen LogP contribution in [0.25, 0.3) is 0 Å². The molecule has 0 spiro atoms. The summed E-state index contributed by atoms with van der Waals surface area (Å²) in [5, 5.41) is 2.69. The summed E-state index contributed by atoms with van der Waals surface area (Å²) in [7, 11) is 0. The summed E-state index contributed by atoms with van der Waals surface area (Å²) in [6, 6.07) is 5.46. The normalized spacial score (nSPS) is 15.4. The van der Waals surface area contributed by atoms with Gasteiger partial charge in [-0.25, -0.2) is 4.39 Å². The van der Waals surface area contributed by atoms with E-state index in [1.807, 2.05) is 5.92 Å². The molecule has 0 bridgehead atoms. The van der Waals surface area contributed by atoms with Crippen LogP contribution in [0.1, 0.15) is 49.3 Å². The molecule has 1 aliphatic rings. The molecule has 1 atom stereocenters. The van der Waals surface area contributed by atoms with Gasteiger partial charge in [0, 0.05) is 22.3 Å². The van der Waals surface area contributed by atoms with E-state index in [9.17, 15) is 27.2 Å². The quantitative estimate of drug-likeness (QED) is 0.444.